The van der Waals surface area contributed by atoms with Crippen molar-refractivity contribution < 1.29 is 14.3 Å². The highest BCUT2D eigenvalue weighted by Crippen LogP contribution is 2.36. The molecule has 2 aromatic rings. The van der Waals surface area contributed by atoms with Crippen molar-refractivity contribution in [3.63, 3.8) is 0 Å². The lowest BCUT2D eigenvalue weighted by Gasteiger charge is -2.33. The van der Waals surface area contributed by atoms with Gasteiger partial charge in [-0.3, -0.25) is 9.78 Å². The van der Waals surface area contributed by atoms with Crippen LogP contribution in [-0.4, -0.2) is 43.1 Å². The zero-order chi connectivity index (χ0) is 18.7. The maximum Gasteiger partial charge on any atom is 0.222 e. The van der Waals surface area contributed by atoms with Crippen molar-refractivity contribution in [1.29, 1.82) is 0 Å². The van der Waals surface area contributed by atoms with Gasteiger partial charge in [0, 0.05) is 36.9 Å². The fourth-order valence-electron chi connectivity index (χ4n) is 3.66. The minimum Gasteiger partial charge on any atom is -0.493 e. The number of carbonyl (C=O) groups is 1. The van der Waals surface area contributed by atoms with E-state index in [2.05, 4.69) is 0 Å². The average molecular weight is 357 g/mol. The number of ether oxygens (including phenoxy) is 2. The first-order valence-corrected chi connectivity index (χ1v) is 9.17. The van der Waals surface area contributed by atoms with E-state index in [0.29, 0.717) is 30.2 Å². The molecule has 140 valence electrons. The number of rotatable bonds is 5. The number of piperidine rings is 1. The predicted molar refractivity (Wildman–Crippen MR) is 103 cm³/mol. The SMILES string of the molecule is CCCC(=O)N1CCCC(c2nc3cc(OC)c(OC)cc3cc2N)C1. The van der Waals surface area contributed by atoms with Crippen LogP contribution in [0.4, 0.5) is 5.69 Å². The van der Waals surface area contributed by atoms with Crippen LogP contribution < -0.4 is 15.2 Å². The van der Waals surface area contributed by atoms with Crippen molar-refractivity contribution in [2.24, 2.45) is 0 Å². The molecule has 1 fully saturated rings. The lowest BCUT2D eigenvalue weighted by Crippen LogP contribution is -2.39. The van der Waals surface area contributed by atoms with Crippen LogP contribution in [0.25, 0.3) is 10.9 Å². The van der Waals surface area contributed by atoms with E-state index in [1.54, 1.807) is 14.2 Å². The molecule has 0 aliphatic carbocycles. The second-order valence-electron chi connectivity index (χ2n) is 6.79. The number of hydrogen-bond donors (Lipinski definition) is 1. The van der Waals surface area contributed by atoms with Gasteiger partial charge >= 0.3 is 0 Å². The Labute approximate surface area is 154 Å². The summed E-state index contributed by atoms with van der Waals surface area (Å²) in [6.07, 6.45) is 3.44. The Balaban J connectivity index is 1.94. The lowest BCUT2D eigenvalue weighted by atomic mass is 9.92. The lowest BCUT2D eigenvalue weighted by molar-refractivity contribution is -0.132. The molecule has 1 aromatic carbocycles. The van der Waals surface area contributed by atoms with E-state index in [0.717, 1.165) is 42.4 Å². The number of likely N-dealkylation sites (tertiary alicyclic amines) is 1. The van der Waals surface area contributed by atoms with Gasteiger partial charge in [-0.1, -0.05) is 6.92 Å². The summed E-state index contributed by atoms with van der Waals surface area (Å²) >= 11 is 0. The minimum absolute atomic E-state index is 0.169. The van der Waals surface area contributed by atoms with Gasteiger partial charge in [-0.05, 0) is 31.4 Å². The third-order valence-electron chi connectivity index (χ3n) is 5.01. The van der Waals surface area contributed by atoms with Crippen LogP contribution in [0.5, 0.6) is 11.5 Å². The molecule has 1 unspecified atom stereocenters. The number of fused-ring (bicyclic) bond motifs is 1. The van der Waals surface area contributed by atoms with Gasteiger partial charge in [-0.25, -0.2) is 0 Å². The number of carbonyl (C=O) groups excluding carboxylic acids is 1. The highest BCUT2D eigenvalue weighted by atomic mass is 16.5. The summed E-state index contributed by atoms with van der Waals surface area (Å²) in [7, 11) is 3.22. The summed E-state index contributed by atoms with van der Waals surface area (Å²) in [6, 6.07) is 5.70. The molecule has 26 heavy (non-hydrogen) atoms. The Morgan fingerprint density at radius 1 is 1.27 bits per heavy atom. The molecule has 2 N–H and O–H groups in total. The standard InChI is InChI=1S/C20H27N3O3/c1-4-6-19(24)23-8-5-7-13(12-23)20-15(21)9-14-10-17(25-2)18(26-3)11-16(14)22-20/h9-11,13H,4-8,12,21H2,1-3H3. The van der Waals surface area contributed by atoms with Crippen molar-refractivity contribution in [3.05, 3.63) is 23.9 Å². The molecule has 1 aliphatic rings. The Hall–Kier alpha value is -2.50. The topological polar surface area (TPSA) is 77.7 Å². The van der Waals surface area contributed by atoms with Crippen LogP contribution in [0.15, 0.2) is 18.2 Å². The summed E-state index contributed by atoms with van der Waals surface area (Å²) in [4.78, 5) is 19.0. The number of nitrogen functional groups attached to an aromatic ring is 1. The maximum absolute atomic E-state index is 12.3. The molecule has 1 amide bonds. The van der Waals surface area contributed by atoms with Gasteiger partial charge in [-0.15, -0.1) is 0 Å². The highest BCUT2D eigenvalue weighted by molar-refractivity contribution is 5.86. The number of pyridine rings is 1. The molecular weight excluding hydrogens is 330 g/mol. The van der Waals surface area contributed by atoms with E-state index in [9.17, 15) is 4.79 Å². The van der Waals surface area contributed by atoms with Crippen molar-refractivity contribution >= 4 is 22.5 Å². The molecule has 0 spiro atoms. The Bertz CT molecular complexity index is 806. The Morgan fingerprint density at radius 2 is 2.00 bits per heavy atom. The molecule has 1 aromatic heterocycles. The average Bonchev–Trinajstić information content (AvgIpc) is 2.66. The predicted octanol–water partition coefficient (Wildman–Crippen LogP) is 3.34. The van der Waals surface area contributed by atoms with Crippen LogP contribution >= 0.6 is 0 Å². The molecule has 0 saturated carbocycles. The van der Waals surface area contributed by atoms with Crippen LogP contribution in [0.3, 0.4) is 0 Å². The maximum atomic E-state index is 12.3. The smallest absolute Gasteiger partial charge is 0.222 e. The molecule has 0 bridgehead atoms. The van der Waals surface area contributed by atoms with Crippen LogP contribution in [-0.2, 0) is 4.79 Å². The number of hydrogen-bond acceptors (Lipinski definition) is 5. The van der Waals surface area contributed by atoms with Gasteiger partial charge in [0.1, 0.15) is 0 Å². The fourth-order valence-corrected chi connectivity index (χ4v) is 3.66. The molecule has 1 atom stereocenters. The van der Waals surface area contributed by atoms with E-state index in [-0.39, 0.29) is 11.8 Å². The summed E-state index contributed by atoms with van der Waals surface area (Å²) < 4.78 is 10.7. The molecule has 6 heteroatoms. The molecule has 6 nitrogen and oxygen atoms in total. The van der Waals surface area contributed by atoms with Gasteiger partial charge in [0.05, 0.1) is 31.1 Å². The summed E-state index contributed by atoms with van der Waals surface area (Å²) in [5.74, 6) is 1.69. The molecule has 2 heterocycles. The highest BCUT2D eigenvalue weighted by Gasteiger charge is 2.27. The van der Waals surface area contributed by atoms with E-state index >= 15 is 0 Å². The van der Waals surface area contributed by atoms with E-state index in [1.807, 2.05) is 30.0 Å². The number of nitrogens with zero attached hydrogens (tertiary/aromatic N) is 2. The summed E-state index contributed by atoms with van der Waals surface area (Å²) in [5, 5.41) is 0.915. The van der Waals surface area contributed by atoms with Crippen molar-refractivity contribution in [1.82, 2.24) is 9.88 Å². The fraction of sp³-hybridized carbons (Fsp3) is 0.500. The van der Waals surface area contributed by atoms with Crippen molar-refractivity contribution in [2.75, 3.05) is 33.0 Å². The minimum atomic E-state index is 0.169. The summed E-state index contributed by atoms with van der Waals surface area (Å²) in [5.41, 5.74) is 8.68. The van der Waals surface area contributed by atoms with E-state index < -0.39 is 0 Å². The van der Waals surface area contributed by atoms with Crippen LogP contribution in [0, 0.1) is 0 Å². The van der Waals surface area contributed by atoms with Crippen LogP contribution in [0.1, 0.15) is 44.2 Å². The van der Waals surface area contributed by atoms with Gasteiger partial charge in [0.15, 0.2) is 11.5 Å². The number of anilines is 1. The largest absolute Gasteiger partial charge is 0.493 e. The van der Waals surface area contributed by atoms with Crippen molar-refractivity contribution in [2.45, 2.75) is 38.5 Å². The molecule has 3 rings (SSSR count). The summed E-state index contributed by atoms with van der Waals surface area (Å²) in [6.45, 7) is 3.55. The third kappa shape index (κ3) is 3.54. The Morgan fingerprint density at radius 3 is 2.69 bits per heavy atom. The number of methoxy groups -OCH3 is 2. The van der Waals surface area contributed by atoms with Gasteiger partial charge < -0.3 is 20.1 Å². The second kappa shape index (κ2) is 7.81. The first-order chi connectivity index (χ1) is 12.6. The van der Waals surface area contributed by atoms with Crippen molar-refractivity contribution in [3.8, 4) is 11.5 Å². The second-order valence-corrected chi connectivity index (χ2v) is 6.79. The number of benzene rings is 1. The van der Waals surface area contributed by atoms with Gasteiger partial charge in [0.25, 0.3) is 0 Å². The monoisotopic (exact) mass is 357 g/mol. The first-order valence-electron chi connectivity index (χ1n) is 9.17. The third-order valence-corrected chi connectivity index (χ3v) is 5.01. The molecule has 1 saturated heterocycles. The number of aromatic nitrogens is 1. The van der Waals surface area contributed by atoms with Gasteiger partial charge in [0.2, 0.25) is 5.91 Å². The molecule has 0 radical (unpaired) electrons. The zero-order valence-electron chi connectivity index (χ0n) is 15.7. The van der Waals surface area contributed by atoms with Crippen LogP contribution in [0.2, 0.25) is 0 Å². The molecule has 1 aliphatic heterocycles. The van der Waals surface area contributed by atoms with E-state index in [4.69, 9.17) is 20.2 Å². The molecular formula is C20H27N3O3. The van der Waals surface area contributed by atoms with E-state index in [1.165, 1.54) is 0 Å². The normalized spacial score (nSPS) is 17.3. The Kier molecular flexibility index (Phi) is 5.49. The number of nitrogens with two attached hydrogens (primary N) is 1. The number of amides is 1. The quantitative estimate of drug-likeness (QED) is 0.888. The van der Waals surface area contributed by atoms with Gasteiger partial charge in [-0.2, -0.15) is 0 Å². The zero-order valence-corrected chi connectivity index (χ0v) is 15.7. The first kappa shape index (κ1) is 18.3.